The van der Waals surface area contributed by atoms with E-state index in [0.29, 0.717) is 43.6 Å². The van der Waals surface area contributed by atoms with Crippen molar-refractivity contribution in [3.63, 3.8) is 0 Å². The fourth-order valence-electron chi connectivity index (χ4n) is 4.43. The molecule has 1 aromatic heterocycles. The van der Waals surface area contributed by atoms with Crippen LogP contribution in [0, 0.1) is 5.82 Å². The van der Waals surface area contributed by atoms with Gasteiger partial charge >= 0.3 is 0 Å². The highest BCUT2D eigenvalue weighted by molar-refractivity contribution is 7.89. The van der Waals surface area contributed by atoms with Gasteiger partial charge in [0, 0.05) is 37.3 Å². The smallest absolute Gasteiger partial charge is 0.273 e. The van der Waals surface area contributed by atoms with Crippen molar-refractivity contribution in [2.24, 2.45) is 0 Å². The Labute approximate surface area is 200 Å². The standard InChI is InChI=1S/C26H30FN3O3S/c1-2-3-15-34(32,33)29-13-11-24(12-14-29)30(19-20-7-6-10-23(27)16-20)26(31)25-17-21-8-4-5-9-22(21)18-28-25/h4-10,16-18,24H,2-3,11-15,19H2,1H3. The van der Waals surface area contributed by atoms with Crippen molar-refractivity contribution < 1.29 is 17.6 Å². The molecule has 3 aromatic rings. The molecule has 2 aromatic carbocycles. The number of hydrogen-bond acceptors (Lipinski definition) is 4. The third-order valence-electron chi connectivity index (χ3n) is 6.37. The number of rotatable bonds is 8. The van der Waals surface area contributed by atoms with Crippen LogP contribution in [0.3, 0.4) is 0 Å². The lowest BCUT2D eigenvalue weighted by molar-refractivity contribution is 0.0590. The largest absolute Gasteiger partial charge is 0.330 e. The Balaban J connectivity index is 1.57. The second-order valence-corrected chi connectivity index (χ2v) is 10.9. The zero-order valence-electron chi connectivity index (χ0n) is 19.4. The van der Waals surface area contributed by atoms with E-state index >= 15 is 0 Å². The lowest BCUT2D eigenvalue weighted by Gasteiger charge is -2.38. The predicted molar refractivity (Wildman–Crippen MR) is 131 cm³/mol. The minimum atomic E-state index is -3.29. The molecule has 4 rings (SSSR count). The molecule has 1 aliphatic heterocycles. The summed E-state index contributed by atoms with van der Waals surface area (Å²) in [7, 11) is -3.29. The lowest BCUT2D eigenvalue weighted by atomic mass is 10.0. The number of piperidine rings is 1. The van der Waals surface area contributed by atoms with Gasteiger partial charge in [0.15, 0.2) is 0 Å². The molecule has 8 heteroatoms. The highest BCUT2D eigenvalue weighted by atomic mass is 32.2. The number of nitrogens with zero attached hydrogens (tertiary/aromatic N) is 3. The number of amides is 1. The van der Waals surface area contributed by atoms with Crippen molar-refractivity contribution in [2.45, 2.75) is 45.2 Å². The number of sulfonamides is 1. The van der Waals surface area contributed by atoms with Crippen molar-refractivity contribution in [3.8, 4) is 0 Å². The summed E-state index contributed by atoms with van der Waals surface area (Å²) in [5.41, 5.74) is 1.01. The molecular formula is C26H30FN3O3S. The second kappa shape index (κ2) is 10.6. The summed E-state index contributed by atoms with van der Waals surface area (Å²) in [6, 6.07) is 15.5. The summed E-state index contributed by atoms with van der Waals surface area (Å²) in [6.45, 7) is 2.94. The summed E-state index contributed by atoms with van der Waals surface area (Å²) in [5.74, 6) is -0.436. The summed E-state index contributed by atoms with van der Waals surface area (Å²) in [6.07, 6.45) is 4.20. The molecule has 0 bridgehead atoms. The van der Waals surface area contributed by atoms with E-state index in [0.717, 1.165) is 17.2 Å². The van der Waals surface area contributed by atoms with Crippen LogP contribution in [0.4, 0.5) is 4.39 Å². The fraction of sp³-hybridized carbons (Fsp3) is 0.385. The van der Waals surface area contributed by atoms with E-state index in [1.807, 2.05) is 31.2 Å². The van der Waals surface area contributed by atoms with Crippen molar-refractivity contribution >= 4 is 26.7 Å². The van der Waals surface area contributed by atoms with Crippen LogP contribution in [0.2, 0.25) is 0 Å². The molecule has 0 atom stereocenters. The zero-order valence-corrected chi connectivity index (χ0v) is 20.2. The van der Waals surface area contributed by atoms with Crippen LogP contribution in [0.1, 0.15) is 48.7 Å². The Hall–Kier alpha value is -2.84. The topological polar surface area (TPSA) is 70.6 Å². The normalized spacial score (nSPS) is 15.5. The molecule has 6 nitrogen and oxygen atoms in total. The van der Waals surface area contributed by atoms with E-state index in [1.165, 1.54) is 16.4 Å². The minimum absolute atomic E-state index is 0.154. The van der Waals surface area contributed by atoms with Crippen LogP contribution >= 0.6 is 0 Å². The maximum Gasteiger partial charge on any atom is 0.273 e. The van der Waals surface area contributed by atoms with E-state index in [2.05, 4.69) is 4.98 Å². The third kappa shape index (κ3) is 5.62. The maximum atomic E-state index is 13.9. The van der Waals surface area contributed by atoms with Gasteiger partial charge in [-0.15, -0.1) is 0 Å². The van der Waals surface area contributed by atoms with Crippen molar-refractivity contribution in [3.05, 3.63) is 77.9 Å². The summed E-state index contributed by atoms with van der Waals surface area (Å²) in [5, 5.41) is 1.87. The third-order valence-corrected chi connectivity index (χ3v) is 8.32. The first-order valence-electron chi connectivity index (χ1n) is 11.8. The van der Waals surface area contributed by atoms with Gasteiger partial charge in [-0.1, -0.05) is 49.7 Å². The molecule has 0 N–H and O–H groups in total. The first-order chi connectivity index (χ1) is 16.4. The van der Waals surface area contributed by atoms with E-state index in [-0.39, 0.29) is 30.1 Å². The van der Waals surface area contributed by atoms with Gasteiger partial charge < -0.3 is 4.90 Å². The Morgan fingerprint density at radius 3 is 2.53 bits per heavy atom. The van der Waals surface area contributed by atoms with Gasteiger partial charge in [0.25, 0.3) is 5.91 Å². The number of pyridine rings is 1. The number of benzene rings is 2. The van der Waals surface area contributed by atoms with Gasteiger partial charge in [-0.2, -0.15) is 0 Å². The number of carbonyl (C=O) groups is 1. The Bertz CT molecular complexity index is 1260. The summed E-state index contributed by atoms with van der Waals surface area (Å²) >= 11 is 0. The molecule has 0 saturated carbocycles. The molecule has 0 aliphatic carbocycles. The Morgan fingerprint density at radius 1 is 1.09 bits per heavy atom. The lowest BCUT2D eigenvalue weighted by Crippen LogP contribution is -2.49. The number of unbranched alkanes of at least 4 members (excludes halogenated alkanes) is 1. The van der Waals surface area contributed by atoms with Gasteiger partial charge in [0.05, 0.1) is 5.75 Å². The van der Waals surface area contributed by atoms with E-state index in [1.54, 1.807) is 29.3 Å². The monoisotopic (exact) mass is 483 g/mol. The molecule has 1 saturated heterocycles. The average Bonchev–Trinajstić information content (AvgIpc) is 2.85. The molecule has 34 heavy (non-hydrogen) atoms. The quantitative estimate of drug-likeness (QED) is 0.469. The molecule has 0 radical (unpaired) electrons. The Kier molecular flexibility index (Phi) is 7.58. The first-order valence-corrected chi connectivity index (χ1v) is 13.4. The van der Waals surface area contributed by atoms with Crippen LogP contribution in [0.5, 0.6) is 0 Å². The van der Waals surface area contributed by atoms with Crippen LogP contribution in [0.15, 0.2) is 60.8 Å². The highest BCUT2D eigenvalue weighted by Gasteiger charge is 2.33. The van der Waals surface area contributed by atoms with Gasteiger partial charge in [0.2, 0.25) is 10.0 Å². The number of halogens is 1. The fourth-order valence-corrected chi connectivity index (χ4v) is 6.11. The SMILES string of the molecule is CCCCS(=O)(=O)N1CCC(N(Cc2cccc(F)c2)C(=O)c2cc3ccccc3cn2)CC1. The highest BCUT2D eigenvalue weighted by Crippen LogP contribution is 2.24. The first kappa shape index (κ1) is 24.3. The molecule has 0 spiro atoms. The maximum absolute atomic E-state index is 13.9. The molecule has 0 unspecified atom stereocenters. The Morgan fingerprint density at radius 2 is 1.82 bits per heavy atom. The minimum Gasteiger partial charge on any atom is -0.330 e. The van der Waals surface area contributed by atoms with Crippen LogP contribution in [0.25, 0.3) is 10.8 Å². The van der Waals surface area contributed by atoms with Gasteiger partial charge in [-0.3, -0.25) is 9.78 Å². The predicted octanol–water partition coefficient (Wildman–Crippen LogP) is 4.61. The van der Waals surface area contributed by atoms with Gasteiger partial charge in [-0.05, 0) is 48.4 Å². The number of hydrogen-bond donors (Lipinski definition) is 0. The summed E-state index contributed by atoms with van der Waals surface area (Å²) in [4.78, 5) is 19.8. The van der Waals surface area contributed by atoms with Crippen LogP contribution in [-0.2, 0) is 16.6 Å². The molecule has 180 valence electrons. The zero-order chi connectivity index (χ0) is 24.1. The average molecular weight is 484 g/mol. The van der Waals surface area contributed by atoms with Crippen LogP contribution < -0.4 is 0 Å². The van der Waals surface area contributed by atoms with Gasteiger partial charge in [0.1, 0.15) is 11.5 Å². The van der Waals surface area contributed by atoms with Crippen molar-refractivity contribution in [2.75, 3.05) is 18.8 Å². The van der Waals surface area contributed by atoms with E-state index in [9.17, 15) is 17.6 Å². The van der Waals surface area contributed by atoms with E-state index in [4.69, 9.17) is 0 Å². The summed E-state index contributed by atoms with van der Waals surface area (Å²) < 4.78 is 40.6. The number of fused-ring (bicyclic) bond motifs is 1. The van der Waals surface area contributed by atoms with Crippen molar-refractivity contribution in [1.29, 1.82) is 0 Å². The van der Waals surface area contributed by atoms with Gasteiger partial charge in [-0.25, -0.2) is 17.1 Å². The second-order valence-electron chi connectivity index (χ2n) is 8.78. The molecule has 2 heterocycles. The molecule has 1 fully saturated rings. The number of aromatic nitrogens is 1. The molecule has 1 aliphatic rings. The number of carbonyl (C=O) groups excluding carboxylic acids is 1. The molecule has 1 amide bonds. The van der Waals surface area contributed by atoms with Crippen LogP contribution in [-0.4, -0.2) is 53.4 Å². The van der Waals surface area contributed by atoms with E-state index < -0.39 is 10.0 Å². The van der Waals surface area contributed by atoms with Crippen molar-refractivity contribution in [1.82, 2.24) is 14.2 Å². The molecular weight excluding hydrogens is 453 g/mol.